The van der Waals surface area contributed by atoms with Gasteiger partial charge in [0, 0.05) is 26.1 Å². The summed E-state index contributed by atoms with van der Waals surface area (Å²) < 4.78 is 18.5. The van der Waals surface area contributed by atoms with E-state index in [0.717, 1.165) is 16.2 Å². The van der Waals surface area contributed by atoms with Gasteiger partial charge in [-0.1, -0.05) is 18.2 Å². The molecule has 1 aliphatic heterocycles. The minimum atomic E-state index is -0.359. The molecule has 7 nitrogen and oxygen atoms in total. The highest BCUT2D eigenvalue weighted by Gasteiger charge is 2.34. The molecule has 0 saturated heterocycles. The molecule has 166 valence electrons. The second kappa shape index (κ2) is 10.5. The Labute approximate surface area is 185 Å². The van der Waals surface area contributed by atoms with Gasteiger partial charge < -0.3 is 15.0 Å². The Hall–Kier alpha value is -2.78. The third kappa shape index (κ3) is 5.89. The minimum Gasteiger partial charge on any atom is -0.383 e. The van der Waals surface area contributed by atoms with Crippen molar-refractivity contribution in [3.8, 4) is 0 Å². The number of urea groups is 1. The van der Waals surface area contributed by atoms with Gasteiger partial charge in [-0.15, -0.1) is 11.3 Å². The van der Waals surface area contributed by atoms with Crippen LogP contribution >= 0.6 is 11.3 Å². The normalized spacial score (nSPS) is 15.8. The maximum absolute atomic E-state index is 13.4. The Bertz CT molecular complexity index is 915. The summed E-state index contributed by atoms with van der Waals surface area (Å²) >= 11 is 1.55. The summed E-state index contributed by atoms with van der Waals surface area (Å²) in [5.41, 5.74) is 1.59. The molecule has 0 radical (unpaired) electrons. The van der Waals surface area contributed by atoms with Crippen molar-refractivity contribution in [2.75, 3.05) is 26.8 Å². The highest BCUT2D eigenvalue weighted by atomic mass is 32.1. The number of carbonyl (C=O) groups is 2. The van der Waals surface area contributed by atoms with Gasteiger partial charge in [0.25, 0.3) is 5.91 Å². The van der Waals surface area contributed by atoms with Crippen LogP contribution in [-0.4, -0.2) is 60.4 Å². The molecule has 1 unspecified atom stereocenters. The molecule has 9 heteroatoms. The molecule has 1 atom stereocenters. The molecule has 1 aromatic carbocycles. The number of rotatable bonds is 8. The topological polar surface area (TPSA) is 74.2 Å². The molecule has 31 heavy (non-hydrogen) atoms. The van der Waals surface area contributed by atoms with Crippen LogP contribution in [0.2, 0.25) is 0 Å². The van der Waals surface area contributed by atoms with Gasteiger partial charge in [0.15, 0.2) is 0 Å². The fourth-order valence-electron chi connectivity index (χ4n) is 3.30. The molecule has 3 amide bonds. The highest BCUT2D eigenvalue weighted by Crippen LogP contribution is 2.34. The van der Waals surface area contributed by atoms with Gasteiger partial charge in [0.05, 0.1) is 23.2 Å². The molecule has 0 fully saturated rings. The van der Waals surface area contributed by atoms with E-state index in [1.807, 2.05) is 31.4 Å². The van der Waals surface area contributed by atoms with Gasteiger partial charge in [0.1, 0.15) is 12.4 Å². The Morgan fingerprint density at radius 2 is 2.06 bits per heavy atom. The molecular formula is C22H27FN4O3S. The van der Waals surface area contributed by atoms with E-state index in [0.29, 0.717) is 13.0 Å². The summed E-state index contributed by atoms with van der Waals surface area (Å²) in [7, 11) is 1.54. The summed E-state index contributed by atoms with van der Waals surface area (Å²) in [6.45, 7) is 4.16. The number of nitrogens with zero attached hydrogens (tertiary/aromatic N) is 3. The Kier molecular flexibility index (Phi) is 7.75. The number of thiophene rings is 1. The molecule has 0 spiro atoms. The lowest BCUT2D eigenvalue weighted by Crippen LogP contribution is -2.48. The van der Waals surface area contributed by atoms with Gasteiger partial charge in [-0.3, -0.25) is 4.79 Å². The van der Waals surface area contributed by atoms with Crippen LogP contribution in [0.25, 0.3) is 0 Å². The van der Waals surface area contributed by atoms with Gasteiger partial charge in [0.2, 0.25) is 0 Å². The molecule has 0 saturated carbocycles. The third-order valence-corrected chi connectivity index (χ3v) is 5.74. The molecule has 3 rings (SSSR count). The van der Waals surface area contributed by atoms with Crippen LogP contribution in [0.1, 0.15) is 36.8 Å². The van der Waals surface area contributed by atoms with E-state index in [9.17, 15) is 14.0 Å². The van der Waals surface area contributed by atoms with Crippen LogP contribution in [0.15, 0.2) is 46.9 Å². The number of methoxy groups -OCH3 is 1. The number of amides is 3. The number of carbonyl (C=O) groups excluding carboxylic acids is 2. The average Bonchev–Trinajstić information content (AvgIpc) is 3.40. The highest BCUT2D eigenvalue weighted by molar-refractivity contribution is 7.12. The van der Waals surface area contributed by atoms with Crippen molar-refractivity contribution in [2.45, 2.75) is 32.4 Å². The molecule has 1 N–H and O–H groups in total. The number of hydrogen-bond acceptors (Lipinski definition) is 5. The standard InChI is InChI=1S/C22H27FN4O3S/c1-15(2)24-22(29)26(10-11-30-3)14-21(28)27-19(16-6-8-17(23)9-7-16)13-18(25-27)20-5-4-12-31-20/h4-9,12,15,19H,10-11,13-14H2,1-3H3,(H,24,29). The van der Waals surface area contributed by atoms with Gasteiger partial charge in [-0.05, 0) is 43.0 Å². The smallest absolute Gasteiger partial charge is 0.318 e. The monoisotopic (exact) mass is 446 g/mol. The molecule has 2 aromatic rings. The van der Waals surface area contributed by atoms with E-state index < -0.39 is 0 Å². The Morgan fingerprint density at radius 1 is 1.32 bits per heavy atom. The maximum Gasteiger partial charge on any atom is 0.318 e. The van der Waals surface area contributed by atoms with Crippen molar-refractivity contribution >= 4 is 29.0 Å². The molecule has 0 bridgehead atoms. The van der Waals surface area contributed by atoms with Crippen LogP contribution < -0.4 is 5.32 Å². The second-order valence-corrected chi connectivity index (χ2v) is 8.50. The first kappa shape index (κ1) is 22.9. The van der Waals surface area contributed by atoms with Crippen molar-refractivity contribution in [1.82, 2.24) is 15.2 Å². The van der Waals surface area contributed by atoms with Crippen LogP contribution in [0.4, 0.5) is 9.18 Å². The summed E-state index contributed by atoms with van der Waals surface area (Å²) in [5.74, 6) is -0.647. The number of nitrogens with one attached hydrogen (secondary N) is 1. The van der Waals surface area contributed by atoms with E-state index in [2.05, 4.69) is 10.4 Å². The number of hydrogen-bond donors (Lipinski definition) is 1. The molecule has 1 aromatic heterocycles. The zero-order valence-corrected chi connectivity index (χ0v) is 18.7. The third-order valence-electron chi connectivity index (χ3n) is 4.82. The molecule has 2 heterocycles. The van der Waals surface area contributed by atoms with Crippen LogP contribution in [0.3, 0.4) is 0 Å². The van der Waals surface area contributed by atoms with E-state index >= 15 is 0 Å². The first-order valence-electron chi connectivity index (χ1n) is 10.1. The lowest BCUT2D eigenvalue weighted by molar-refractivity contribution is -0.133. The molecular weight excluding hydrogens is 419 g/mol. The first-order valence-corrected chi connectivity index (χ1v) is 11.0. The van der Waals surface area contributed by atoms with Crippen LogP contribution in [0, 0.1) is 5.82 Å². The quantitative estimate of drug-likeness (QED) is 0.673. The zero-order chi connectivity index (χ0) is 22.4. The molecule has 1 aliphatic rings. The lowest BCUT2D eigenvalue weighted by atomic mass is 10.0. The lowest BCUT2D eigenvalue weighted by Gasteiger charge is -2.27. The average molecular weight is 447 g/mol. The fraction of sp³-hybridized carbons (Fsp3) is 0.409. The first-order chi connectivity index (χ1) is 14.9. The minimum absolute atomic E-state index is 0.0603. The predicted octanol–water partition coefficient (Wildman–Crippen LogP) is 3.63. The van der Waals surface area contributed by atoms with E-state index in [1.54, 1.807) is 30.6 Å². The number of ether oxygens (including phenoxy) is 1. The van der Waals surface area contributed by atoms with Crippen molar-refractivity contribution in [3.63, 3.8) is 0 Å². The van der Waals surface area contributed by atoms with E-state index in [1.165, 1.54) is 22.0 Å². The van der Waals surface area contributed by atoms with Gasteiger partial charge in [-0.25, -0.2) is 14.2 Å². The maximum atomic E-state index is 13.4. The zero-order valence-electron chi connectivity index (χ0n) is 17.9. The SMILES string of the molecule is COCCN(CC(=O)N1N=C(c2cccs2)CC1c1ccc(F)cc1)C(=O)NC(C)C. The van der Waals surface area contributed by atoms with Crippen molar-refractivity contribution in [1.29, 1.82) is 0 Å². The van der Waals surface area contributed by atoms with E-state index in [4.69, 9.17) is 4.74 Å². The number of benzene rings is 1. The Balaban J connectivity index is 1.84. The summed E-state index contributed by atoms with van der Waals surface area (Å²) in [6, 6.07) is 9.23. The van der Waals surface area contributed by atoms with Crippen LogP contribution in [0.5, 0.6) is 0 Å². The van der Waals surface area contributed by atoms with Crippen molar-refractivity contribution in [2.24, 2.45) is 5.10 Å². The van der Waals surface area contributed by atoms with Crippen molar-refractivity contribution in [3.05, 3.63) is 58.0 Å². The van der Waals surface area contributed by atoms with Crippen LogP contribution in [-0.2, 0) is 9.53 Å². The summed E-state index contributed by atoms with van der Waals surface area (Å²) in [5, 5.41) is 10.8. The van der Waals surface area contributed by atoms with Crippen molar-refractivity contribution < 1.29 is 18.7 Å². The largest absolute Gasteiger partial charge is 0.383 e. The van der Waals surface area contributed by atoms with Gasteiger partial charge in [-0.2, -0.15) is 5.10 Å². The predicted molar refractivity (Wildman–Crippen MR) is 119 cm³/mol. The Morgan fingerprint density at radius 3 is 2.68 bits per heavy atom. The fourth-order valence-corrected chi connectivity index (χ4v) is 4.03. The summed E-state index contributed by atoms with van der Waals surface area (Å²) in [4.78, 5) is 28.2. The summed E-state index contributed by atoms with van der Waals surface area (Å²) in [6.07, 6.45) is 0.522. The van der Waals surface area contributed by atoms with E-state index in [-0.39, 0.29) is 42.9 Å². The number of hydrazone groups is 1. The molecule has 0 aliphatic carbocycles. The second-order valence-electron chi connectivity index (χ2n) is 7.55. The number of halogens is 1. The van der Waals surface area contributed by atoms with Gasteiger partial charge >= 0.3 is 6.03 Å².